The Morgan fingerprint density at radius 1 is 1.12 bits per heavy atom. The van der Waals surface area contributed by atoms with E-state index in [1.807, 2.05) is 52.9 Å². The number of aryl methyl sites for hydroxylation is 1. The molecule has 124 valence electrons. The number of fused-ring (bicyclic) bond motifs is 1. The number of hydrogen-bond acceptors (Lipinski definition) is 4. The maximum absolute atomic E-state index is 12.8. The molecule has 0 unspecified atom stereocenters. The van der Waals surface area contributed by atoms with Crippen molar-refractivity contribution in [3.05, 3.63) is 47.0 Å². The van der Waals surface area contributed by atoms with Crippen LogP contribution in [0.1, 0.15) is 15.4 Å². The summed E-state index contributed by atoms with van der Waals surface area (Å²) < 4.78 is 1.94. The molecule has 1 aromatic carbocycles. The van der Waals surface area contributed by atoms with Gasteiger partial charge in [0, 0.05) is 31.6 Å². The van der Waals surface area contributed by atoms with E-state index in [9.17, 15) is 4.79 Å². The smallest absolute Gasteiger partial charge is 0.264 e. The van der Waals surface area contributed by atoms with Crippen LogP contribution in [0.4, 0.5) is 0 Å². The van der Waals surface area contributed by atoms with Gasteiger partial charge in [-0.1, -0.05) is 18.2 Å². The molecule has 1 fully saturated rings. The zero-order valence-corrected chi connectivity index (χ0v) is 14.7. The summed E-state index contributed by atoms with van der Waals surface area (Å²) in [5, 5.41) is 5.71. The third-order valence-corrected chi connectivity index (χ3v) is 5.65. The molecule has 0 saturated carbocycles. The van der Waals surface area contributed by atoms with Crippen LogP contribution in [-0.4, -0.2) is 58.7 Å². The van der Waals surface area contributed by atoms with Crippen LogP contribution in [0.15, 0.2) is 36.4 Å². The van der Waals surface area contributed by atoms with Crippen molar-refractivity contribution in [1.29, 1.82) is 0 Å². The van der Waals surface area contributed by atoms with Crippen molar-refractivity contribution in [3.8, 4) is 5.69 Å². The molecule has 0 aliphatic carbocycles. The average Bonchev–Trinajstić information content (AvgIpc) is 3.17. The minimum atomic E-state index is 0.142. The summed E-state index contributed by atoms with van der Waals surface area (Å²) in [5.74, 6) is 0.142. The van der Waals surface area contributed by atoms with E-state index in [-0.39, 0.29) is 5.91 Å². The number of amides is 1. The van der Waals surface area contributed by atoms with Gasteiger partial charge < -0.3 is 9.80 Å². The molecule has 0 spiro atoms. The number of hydrogen-bond donors (Lipinski definition) is 0. The van der Waals surface area contributed by atoms with E-state index >= 15 is 0 Å². The fraction of sp³-hybridized carbons (Fsp3) is 0.333. The standard InChI is InChI=1S/C18H20N4OS/c1-13-15-12-16(17(23)21-10-8-20(2)9-11-21)24-18(15)22(19-13)14-6-4-3-5-7-14/h3-7,12H,8-11H2,1-2H3. The van der Waals surface area contributed by atoms with E-state index in [2.05, 4.69) is 17.0 Å². The summed E-state index contributed by atoms with van der Waals surface area (Å²) in [5.41, 5.74) is 1.98. The predicted molar refractivity (Wildman–Crippen MR) is 97.1 cm³/mol. The van der Waals surface area contributed by atoms with E-state index in [1.54, 1.807) is 0 Å². The number of benzene rings is 1. The highest BCUT2D eigenvalue weighted by Crippen LogP contribution is 2.31. The monoisotopic (exact) mass is 340 g/mol. The lowest BCUT2D eigenvalue weighted by Crippen LogP contribution is -2.46. The SMILES string of the molecule is Cc1nn(-c2ccccc2)c2sc(C(=O)N3CCN(C)CC3)cc12. The van der Waals surface area contributed by atoms with E-state index < -0.39 is 0 Å². The topological polar surface area (TPSA) is 41.4 Å². The van der Waals surface area contributed by atoms with Gasteiger partial charge in [0.15, 0.2) is 0 Å². The Hall–Kier alpha value is -2.18. The van der Waals surface area contributed by atoms with Crippen molar-refractivity contribution in [1.82, 2.24) is 19.6 Å². The molecule has 0 bridgehead atoms. The predicted octanol–water partition coefficient (Wildman–Crippen LogP) is 2.78. The van der Waals surface area contributed by atoms with Gasteiger partial charge in [-0.15, -0.1) is 11.3 Å². The van der Waals surface area contributed by atoms with E-state index in [0.29, 0.717) is 0 Å². The van der Waals surface area contributed by atoms with Gasteiger partial charge >= 0.3 is 0 Å². The number of piperazine rings is 1. The lowest BCUT2D eigenvalue weighted by Gasteiger charge is -2.32. The Morgan fingerprint density at radius 2 is 1.83 bits per heavy atom. The molecule has 0 radical (unpaired) electrons. The van der Waals surface area contributed by atoms with Gasteiger partial charge in [-0.3, -0.25) is 4.79 Å². The first-order chi connectivity index (χ1) is 11.6. The van der Waals surface area contributed by atoms with Crippen molar-refractivity contribution in [2.75, 3.05) is 33.2 Å². The third kappa shape index (κ3) is 2.61. The Balaban J connectivity index is 1.70. The summed E-state index contributed by atoms with van der Waals surface area (Å²) in [6.07, 6.45) is 0. The quantitative estimate of drug-likeness (QED) is 0.720. The molecular formula is C18H20N4OS. The van der Waals surface area contributed by atoms with E-state index in [1.165, 1.54) is 11.3 Å². The highest BCUT2D eigenvalue weighted by Gasteiger charge is 2.23. The molecule has 0 N–H and O–H groups in total. The van der Waals surface area contributed by atoms with Gasteiger partial charge in [0.05, 0.1) is 16.3 Å². The Bertz CT molecular complexity index is 875. The number of carbonyl (C=O) groups excluding carboxylic acids is 1. The van der Waals surface area contributed by atoms with Crippen molar-refractivity contribution in [2.24, 2.45) is 0 Å². The Labute approximate surface area is 145 Å². The minimum Gasteiger partial charge on any atom is -0.335 e. The zero-order chi connectivity index (χ0) is 16.7. The van der Waals surface area contributed by atoms with Crippen LogP contribution < -0.4 is 0 Å². The summed E-state index contributed by atoms with van der Waals surface area (Å²) in [6.45, 7) is 5.47. The highest BCUT2D eigenvalue weighted by molar-refractivity contribution is 7.20. The van der Waals surface area contributed by atoms with Crippen molar-refractivity contribution in [3.63, 3.8) is 0 Å². The Morgan fingerprint density at radius 3 is 2.54 bits per heavy atom. The maximum atomic E-state index is 12.8. The van der Waals surface area contributed by atoms with Crippen LogP contribution in [0.25, 0.3) is 15.9 Å². The molecule has 6 heteroatoms. The first-order valence-electron chi connectivity index (χ1n) is 8.16. The molecule has 1 aliphatic heterocycles. The fourth-order valence-electron chi connectivity index (χ4n) is 3.06. The summed E-state index contributed by atoms with van der Waals surface area (Å²) in [7, 11) is 2.10. The van der Waals surface area contributed by atoms with Crippen LogP contribution in [0.3, 0.4) is 0 Å². The molecule has 1 amide bonds. The van der Waals surface area contributed by atoms with Crippen LogP contribution in [0.2, 0.25) is 0 Å². The van der Waals surface area contributed by atoms with Crippen molar-refractivity contribution in [2.45, 2.75) is 6.92 Å². The average molecular weight is 340 g/mol. The lowest BCUT2D eigenvalue weighted by atomic mass is 10.2. The molecular weight excluding hydrogens is 320 g/mol. The van der Waals surface area contributed by atoms with Crippen molar-refractivity contribution < 1.29 is 4.79 Å². The van der Waals surface area contributed by atoms with E-state index in [4.69, 9.17) is 0 Å². The van der Waals surface area contributed by atoms with Crippen LogP contribution in [0, 0.1) is 6.92 Å². The number of para-hydroxylation sites is 1. The summed E-state index contributed by atoms with van der Waals surface area (Å²) in [4.78, 5) is 18.9. The normalized spacial score (nSPS) is 16.0. The molecule has 5 nitrogen and oxygen atoms in total. The second-order valence-corrected chi connectivity index (χ2v) is 7.29. The molecule has 1 aliphatic rings. The third-order valence-electron chi connectivity index (χ3n) is 4.55. The van der Waals surface area contributed by atoms with Gasteiger partial charge in [0.2, 0.25) is 0 Å². The summed E-state index contributed by atoms with van der Waals surface area (Å²) in [6, 6.07) is 12.1. The molecule has 3 aromatic rings. The molecule has 2 aromatic heterocycles. The maximum Gasteiger partial charge on any atom is 0.264 e. The highest BCUT2D eigenvalue weighted by atomic mass is 32.1. The number of rotatable bonds is 2. The van der Waals surface area contributed by atoms with Gasteiger partial charge in [-0.25, -0.2) is 4.68 Å². The lowest BCUT2D eigenvalue weighted by molar-refractivity contribution is 0.0669. The number of thiophene rings is 1. The number of nitrogens with zero attached hydrogens (tertiary/aromatic N) is 4. The van der Waals surface area contributed by atoms with Crippen LogP contribution >= 0.6 is 11.3 Å². The first-order valence-corrected chi connectivity index (χ1v) is 8.97. The molecule has 0 atom stereocenters. The fourth-order valence-corrected chi connectivity index (χ4v) is 4.21. The number of aromatic nitrogens is 2. The molecule has 24 heavy (non-hydrogen) atoms. The zero-order valence-electron chi connectivity index (χ0n) is 13.9. The molecule has 1 saturated heterocycles. The van der Waals surface area contributed by atoms with Gasteiger partial charge in [-0.2, -0.15) is 5.10 Å². The van der Waals surface area contributed by atoms with Gasteiger partial charge in [-0.05, 0) is 32.2 Å². The number of likely N-dealkylation sites (N-methyl/N-ethyl adjacent to an activating group) is 1. The number of carbonyl (C=O) groups is 1. The van der Waals surface area contributed by atoms with Crippen LogP contribution in [0.5, 0.6) is 0 Å². The van der Waals surface area contributed by atoms with Gasteiger partial charge in [0.25, 0.3) is 5.91 Å². The van der Waals surface area contributed by atoms with Crippen LogP contribution in [-0.2, 0) is 0 Å². The van der Waals surface area contributed by atoms with Crippen molar-refractivity contribution >= 4 is 27.5 Å². The Kier molecular flexibility index (Phi) is 3.86. The summed E-state index contributed by atoms with van der Waals surface area (Å²) >= 11 is 1.54. The van der Waals surface area contributed by atoms with E-state index in [0.717, 1.165) is 52.7 Å². The second-order valence-electron chi connectivity index (χ2n) is 6.26. The second kappa shape index (κ2) is 6.03. The van der Waals surface area contributed by atoms with Gasteiger partial charge in [0.1, 0.15) is 4.83 Å². The molecule has 4 rings (SSSR count). The minimum absolute atomic E-state index is 0.142. The first kappa shape index (κ1) is 15.4. The molecule has 3 heterocycles. The largest absolute Gasteiger partial charge is 0.335 e.